The van der Waals surface area contributed by atoms with Gasteiger partial charge in [0.2, 0.25) is 5.91 Å². The SMILES string of the molecule is CC(C)[C@@H]1NC(=O)OCCC/C=C/Cn2c(cc3ccccc32)C(=O)O[C@@H]2C[C@@H](C(=O)OCC[Si](C)(C)C)N(C2)C1=O. The average Bonchev–Trinajstić information content (AvgIpc) is 3.51. The first-order valence-electron chi connectivity index (χ1n) is 14.8. The Hall–Kier alpha value is -3.60. The number of allylic oxidation sites excluding steroid dienone is 2. The lowest BCUT2D eigenvalue weighted by Gasteiger charge is -2.29. The number of cyclic esters (lactones) is 1. The van der Waals surface area contributed by atoms with Crippen molar-refractivity contribution >= 4 is 42.9 Å². The number of nitrogens with zero attached hydrogens (tertiary/aromatic N) is 2. The van der Waals surface area contributed by atoms with Gasteiger partial charge in [-0.15, -0.1) is 0 Å². The van der Waals surface area contributed by atoms with Crippen molar-refractivity contribution in [2.45, 2.75) is 83.5 Å². The molecule has 1 fully saturated rings. The largest absolute Gasteiger partial charge is 0.464 e. The summed E-state index contributed by atoms with van der Waals surface area (Å²) >= 11 is 0. The molecule has 0 spiro atoms. The average molecular weight is 598 g/mol. The van der Waals surface area contributed by atoms with Crippen LogP contribution in [0.1, 0.15) is 43.6 Å². The number of amides is 2. The second-order valence-electron chi connectivity index (χ2n) is 12.6. The molecule has 2 bridgehead atoms. The van der Waals surface area contributed by atoms with Crippen LogP contribution in [0.5, 0.6) is 0 Å². The van der Waals surface area contributed by atoms with Gasteiger partial charge in [0.15, 0.2) is 0 Å². The number of hydrogen-bond acceptors (Lipinski definition) is 7. The first kappa shape index (κ1) is 31.3. The van der Waals surface area contributed by atoms with E-state index in [-0.39, 0.29) is 32.1 Å². The summed E-state index contributed by atoms with van der Waals surface area (Å²) in [6.07, 6.45) is 3.94. The fraction of sp³-hybridized carbons (Fsp3) is 0.548. The zero-order valence-corrected chi connectivity index (χ0v) is 26.3. The van der Waals surface area contributed by atoms with E-state index in [1.54, 1.807) is 0 Å². The molecule has 1 saturated heterocycles. The number of para-hydroxylation sites is 1. The highest BCUT2D eigenvalue weighted by atomic mass is 28.3. The molecule has 4 rings (SSSR count). The first-order chi connectivity index (χ1) is 19.9. The van der Waals surface area contributed by atoms with Crippen LogP contribution in [0.3, 0.4) is 0 Å². The highest BCUT2D eigenvalue weighted by Crippen LogP contribution is 2.27. The molecule has 0 unspecified atom stereocenters. The second kappa shape index (κ2) is 13.6. The maximum atomic E-state index is 13.8. The summed E-state index contributed by atoms with van der Waals surface area (Å²) in [4.78, 5) is 54.7. The van der Waals surface area contributed by atoms with Crippen molar-refractivity contribution in [3.05, 3.63) is 48.2 Å². The Morgan fingerprint density at radius 3 is 2.64 bits per heavy atom. The van der Waals surface area contributed by atoms with E-state index in [1.807, 2.05) is 60.9 Å². The van der Waals surface area contributed by atoms with Crippen LogP contribution in [0.4, 0.5) is 4.79 Å². The molecular weight excluding hydrogens is 554 g/mol. The normalized spacial score (nSPS) is 23.4. The van der Waals surface area contributed by atoms with E-state index in [0.717, 1.165) is 16.9 Å². The van der Waals surface area contributed by atoms with Gasteiger partial charge >= 0.3 is 18.0 Å². The minimum Gasteiger partial charge on any atom is -0.464 e. The van der Waals surface area contributed by atoms with Crippen molar-refractivity contribution in [1.82, 2.24) is 14.8 Å². The molecule has 3 atom stereocenters. The Kier molecular flexibility index (Phi) is 10.1. The molecule has 2 aromatic rings. The predicted molar refractivity (Wildman–Crippen MR) is 162 cm³/mol. The molecular formula is C31H43N3O7Si. The quantitative estimate of drug-likeness (QED) is 0.229. The van der Waals surface area contributed by atoms with Crippen LogP contribution in [0.2, 0.25) is 25.7 Å². The summed E-state index contributed by atoms with van der Waals surface area (Å²) in [7, 11) is -1.46. The van der Waals surface area contributed by atoms with E-state index in [0.29, 0.717) is 25.1 Å². The molecule has 0 aliphatic carbocycles. The first-order valence-corrected chi connectivity index (χ1v) is 18.5. The predicted octanol–water partition coefficient (Wildman–Crippen LogP) is 4.75. The molecule has 42 heavy (non-hydrogen) atoms. The van der Waals surface area contributed by atoms with Crippen molar-refractivity contribution in [3.8, 4) is 0 Å². The highest BCUT2D eigenvalue weighted by Gasteiger charge is 2.45. The smallest absolute Gasteiger partial charge is 0.407 e. The zero-order valence-electron chi connectivity index (χ0n) is 25.3. The Labute approximate surface area is 248 Å². The van der Waals surface area contributed by atoms with Crippen LogP contribution in [0.25, 0.3) is 10.9 Å². The Bertz CT molecular complexity index is 1330. The number of rotatable bonds is 5. The molecule has 10 nitrogen and oxygen atoms in total. The Balaban J connectivity index is 1.64. The van der Waals surface area contributed by atoms with Crippen LogP contribution < -0.4 is 5.32 Å². The number of nitrogens with one attached hydrogen (secondary N) is 1. The van der Waals surface area contributed by atoms with Gasteiger partial charge in [-0.3, -0.25) is 4.79 Å². The summed E-state index contributed by atoms with van der Waals surface area (Å²) in [6.45, 7) is 11.1. The van der Waals surface area contributed by atoms with E-state index in [1.165, 1.54) is 4.90 Å². The number of benzene rings is 1. The molecule has 1 aromatic heterocycles. The third kappa shape index (κ3) is 7.81. The van der Waals surface area contributed by atoms with Gasteiger partial charge in [0.05, 0.1) is 19.8 Å². The van der Waals surface area contributed by atoms with E-state index < -0.39 is 50.2 Å². The molecule has 1 aromatic carbocycles. The minimum atomic E-state index is -1.46. The van der Waals surface area contributed by atoms with Crippen molar-refractivity contribution < 1.29 is 33.4 Å². The van der Waals surface area contributed by atoms with E-state index in [2.05, 4.69) is 25.0 Å². The van der Waals surface area contributed by atoms with Crippen molar-refractivity contribution in [1.29, 1.82) is 0 Å². The molecule has 2 aliphatic heterocycles. The van der Waals surface area contributed by atoms with Gasteiger partial charge in [0.1, 0.15) is 23.9 Å². The third-order valence-corrected chi connectivity index (χ3v) is 9.32. The lowest BCUT2D eigenvalue weighted by molar-refractivity contribution is -0.153. The number of alkyl carbamates (subject to hydrolysis) is 1. The van der Waals surface area contributed by atoms with Crippen molar-refractivity contribution in [2.24, 2.45) is 5.92 Å². The maximum Gasteiger partial charge on any atom is 0.407 e. The summed E-state index contributed by atoms with van der Waals surface area (Å²) in [5.41, 5.74) is 1.30. The summed E-state index contributed by atoms with van der Waals surface area (Å²) in [5.74, 6) is -1.77. The summed E-state index contributed by atoms with van der Waals surface area (Å²) in [6, 6.07) is 8.46. The number of carbonyl (C=O) groups is 4. The van der Waals surface area contributed by atoms with Crippen molar-refractivity contribution in [2.75, 3.05) is 19.8 Å². The molecule has 0 saturated carbocycles. The molecule has 3 heterocycles. The highest BCUT2D eigenvalue weighted by molar-refractivity contribution is 6.76. The molecule has 1 N–H and O–H groups in total. The number of fused-ring (bicyclic) bond motifs is 5. The van der Waals surface area contributed by atoms with Crippen LogP contribution in [0.15, 0.2) is 42.5 Å². The van der Waals surface area contributed by atoms with E-state index >= 15 is 0 Å². The topological polar surface area (TPSA) is 116 Å². The van der Waals surface area contributed by atoms with Crippen LogP contribution in [0, 0.1) is 5.92 Å². The van der Waals surface area contributed by atoms with Crippen molar-refractivity contribution in [3.63, 3.8) is 0 Å². The summed E-state index contributed by atoms with van der Waals surface area (Å²) < 4.78 is 18.8. The van der Waals surface area contributed by atoms with Crippen LogP contribution in [-0.4, -0.2) is 79.4 Å². The monoisotopic (exact) mass is 597 g/mol. The standard InChI is InChI=1S/C31H43N3O7Si/c1-21(2)27-28(35)34-20-23(19-26(34)29(36)39-16-17-42(3,4)5)41-30(37)25-18-22-12-8-9-13-24(22)33(25)14-10-6-7-11-15-40-31(38)32-27/h6,8-10,12-13,18,21,23,26-27H,7,11,14-17,19-20H2,1-5H3,(H,32,38)/b10-6+/t23-,26+,27+/m1/s1. The van der Waals surface area contributed by atoms with Gasteiger partial charge in [-0.1, -0.05) is 63.8 Å². The van der Waals surface area contributed by atoms with Gasteiger partial charge in [-0.2, -0.15) is 0 Å². The lowest BCUT2D eigenvalue weighted by atomic mass is 10.0. The zero-order chi connectivity index (χ0) is 30.4. The third-order valence-electron chi connectivity index (χ3n) is 7.62. The minimum absolute atomic E-state index is 0.0123. The van der Waals surface area contributed by atoms with Gasteiger partial charge in [0.25, 0.3) is 0 Å². The van der Waals surface area contributed by atoms with Gasteiger partial charge in [-0.05, 0) is 36.9 Å². The molecule has 0 radical (unpaired) electrons. The maximum absolute atomic E-state index is 13.8. The number of ether oxygens (including phenoxy) is 3. The fourth-order valence-corrected chi connectivity index (χ4v) is 5.93. The number of esters is 2. The second-order valence-corrected chi connectivity index (χ2v) is 18.2. The Morgan fingerprint density at radius 1 is 1.14 bits per heavy atom. The van der Waals surface area contributed by atoms with E-state index in [9.17, 15) is 19.2 Å². The van der Waals surface area contributed by atoms with Gasteiger partial charge in [-0.25, -0.2) is 14.4 Å². The van der Waals surface area contributed by atoms with Gasteiger partial charge < -0.3 is 29.0 Å². The number of carbonyl (C=O) groups excluding carboxylic acids is 4. The number of aromatic nitrogens is 1. The Morgan fingerprint density at radius 2 is 1.90 bits per heavy atom. The van der Waals surface area contributed by atoms with Crippen LogP contribution in [-0.2, 0) is 30.3 Å². The van der Waals surface area contributed by atoms with Crippen LogP contribution >= 0.6 is 0 Å². The lowest BCUT2D eigenvalue weighted by Crippen LogP contribution is -2.54. The van der Waals surface area contributed by atoms with Gasteiger partial charge in [0, 0.05) is 31.9 Å². The summed E-state index contributed by atoms with van der Waals surface area (Å²) in [5, 5.41) is 3.60. The van der Waals surface area contributed by atoms with E-state index in [4.69, 9.17) is 14.2 Å². The number of hydrogen-bond donors (Lipinski definition) is 1. The molecule has 2 amide bonds. The molecule has 228 valence electrons. The molecule has 11 heteroatoms. The fourth-order valence-electron chi connectivity index (χ4n) is 5.22. The molecule has 2 aliphatic rings.